The molecule has 2 atom stereocenters. The number of nitrogens with zero attached hydrogens (tertiary/aromatic N) is 1. The molecule has 5 heteroatoms. The summed E-state index contributed by atoms with van der Waals surface area (Å²) >= 11 is 0. The molecule has 5 nitrogen and oxygen atoms in total. The molecule has 2 amide bonds. The van der Waals surface area contributed by atoms with E-state index in [4.69, 9.17) is 4.74 Å². The third-order valence-corrected chi connectivity index (χ3v) is 2.83. The summed E-state index contributed by atoms with van der Waals surface area (Å²) in [6.07, 6.45) is 0.942. The van der Waals surface area contributed by atoms with Crippen molar-refractivity contribution in [1.29, 1.82) is 0 Å². The first-order valence-corrected chi connectivity index (χ1v) is 5.64. The van der Waals surface area contributed by atoms with Gasteiger partial charge in [-0.05, 0) is 27.2 Å². The van der Waals surface area contributed by atoms with Crippen LogP contribution in [0, 0.1) is 0 Å². The highest BCUT2D eigenvalue weighted by Gasteiger charge is 2.42. The van der Waals surface area contributed by atoms with Crippen molar-refractivity contribution in [3.63, 3.8) is 0 Å². The minimum atomic E-state index is -0.481. The first-order chi connectivity index (χ1) is 7.35. The number of hydrogen-bond acceptors (Lipinski definition) is 3. The van der Waals surface area contributed by atoms with Crippen LogP contribution in [-0.4, -0.2) is 41.1 Å². The van der Waals surface area contributed by atoms with Crippen molar-refractivity contribution in [2.75, 3.05) is 6.54 Å². The van der Waals surface area contributed by atoms with Gasteiger partial charge in [-0.2, -0.15) is 0 Å². The molecule has 0 spiro atoms. The van der Waals surface area contributed by atoms with Crippen molar-refractivity contribution >= 4 is 12.0 Å². The van der Waals surface area contributed by atoms with Crippen LogP contribution in [0.5, 0.6) is 0 Å². The van der Waals surface area contributed by atoms with Crippen molar-refractivity contribution in [1.82, 2.24) is 10.2 Å². The highest BCUT2D eigenvalue weighted by atomic mass is 16.6. The molecule has 2 bridgehead atoms. The fraction of sp³-hybridized carbons (Fsp3) is 0.818. The second-order valence-electron chi connectivity index (χ2n) is 5.49. The molecule has 2 saturated heterocycles. The van der Waals surface area contributed by atoms with Crippen LogP contribution in [0.2, 0.25) is 0 Å². The van der Waals surface area contributed by atoms with Gasteiger partial charge in [0, 0.05) is 25.0 Å². The summed E-state index contributed by atoms with van der Waals surface area (Å²) in [5.74, 6) is 0.0345. The van der Waals surface area contributed by atoms with Crippen molar-refractivity contribution in [3.05, 3.63) is 0 Å². The molecule has 1 N–H and O–H groups in total. The van der Waals surface area contributed by atoms with Crippen molar-refractivity contribution in [2.45, 2.75) is 51.3 Å². The van der Waals surface area contributed by atoms with Gasteiger partial charge in [-0.25, -0.2) is 4.79 Å². The Bertz CT molecular complexity index is 322. The maximum absolute atomic E-state index is 11.9. The maximum Gasteiger partial charge on any atom is 0.410 e. The molecule has 2 heterocycles. The predicted octanol–water partition coefficient (Wildman–Crippen LogP) is 0.884. The second kappa shape index (κ2) is 3.64. The Morgan fingerprint density at radius 2 is 2.19 bits per heavy atom. The number of hydrogen-bond donors (Lipinski definition) is 1. The Kier molecular flexibility index (Phi) is 2.56. The molecule has 2 fully saturated rings. The molecule has 2 aliphatic heterocycles. The van der Waals surface area contributed by atoms with Crippen LogP contribution in [-0.2, 0) is 9.53 Å². The molecule has 0 aromatic heterocycles. The van der Waals surface area contributed by atoms with Gasteiger partial charge in [0.15, 0.2) is 0 Å². The molecule has 90 valence electrons. The van der Waals surface area contributed by atoms with Crippen LogP contribution in [0.3, 0.4) is 0 Å². The molecule has 0 unspecified atom stereocenters. The monoisotopic (exact) mass is 226 g/mol. The topological polar surface area (TPSA) is 58.6 Å². The van der Waals surface area contributed by atoms with Crippen LogP contribution in [0.1, 0.15) is 33.6 Å². The average Bonchev–Trinajstić information content (AvgIpc) is 2.38. The quantitative estimate of drug-likeness (QED) is 0.667. The van der Waals surface area contributed by atoms with Crippen molar-refractivity contribution in [3.8, 4) is 0 Å². The van der Waals surface area contributed by atoms with Gasteiger partial charge < -0.3 is 15.0 Å². The largest absolute Gasteiger partial charge is 0.444 e. The smallest absolute Gasteiger partial charge is 0.410 e. The minimum absolute atomic E-state index is 0.0219. The average molecular weight is 226 g/mol. The van der Waals surface area contributed by atoms with Crippen LogP contribution in [0.25, 0.3) is 0 Å². The van der Waals surface area contributed by atoms with E-state index in [1.165, 1.54) is 0 Å². The molecule has 2 rings (SSSR count). The Labute approximate surface area is 95.1 Å². The zero-order valence-electron chi connectivity index (χ0n) is 9.95. The summed E-state index contributed by atoms with van der Waals surface area (Å²) in [5.41, 5.74) is -0.481. The van der Waals surface area contributed by atoms with E-state index >= 15 is 0 Å². The Morgan fingerprint density at radius 3 is 2.81 bits per heavy atom. The Balaban J connectivity index is 2.01. The highest BCUT2D eigenvalue weighted by Crippen LogP contribution is 2.26. The normalized spacial score (nSPS) is 28.9. The number of ether oxygens (including phenoxy) is 1. The van der Waals surface area contributed by atoms with E-state index in [2.05, 4.69) is 5.32 Å². The number of rotatable bonds is 0. The number of fused-ring (bicyclic) bond motifs is 2. The zero-order valence-corrected chi connectivity index (χ0v) is 9.95. The lowest BCUT2D eigenvalue weighted by Gasteiger charge is -2.27. The first-order valence-electron chi connectivity index (χ1n) is 5.64. The van der Waals surface area contributed by atoms with E-state index in [0.29, 0.717) is 13.0 Å². The van der Waals surface area contributed by atoms with Gasteiger partial charge in [0.25, 0.3) is 0 Å². The summed E-state index contributed by atoms with van der Waals surface area (Å²) in [5, 5.41) is 2.87. The summed E-state index contributed by atoms with van der Waals surface area (Å²) in [6.45, 7) is 6.11. The molecule has 2 aliphatic rings. The van der Waals surface area contributed by atoms with Crippen molar-refractivity contribution in [2.24, 2.45) is 0 Å². The minimum Gasteiger partial charge on any atom is -0.444 e. The van der Waals surface area contributed by atoms with Crippen molar-refractivity contribution < 1.29 is 14.3 Å². The number of likely N-dealkylation sites (tertiary alicyclic amines) is 1. The van der Waals surface area contributed by atoms with E-state index < -0.39 is 5.60 Å². The summed E-state index contributed by atoms with van der Waals surface area (Å²) in [7, 11) is 0. The zero-order chi connectivity index (χ0) is 11.9. The van der Waals surface area contributed by atoms with E-state index in [-0.39, 0.29) is 24.1 Å². The van der Waals surface area contributed by atoms with Crippen LogP contribution in [0.15, 0.2) is 0 Å². The third kappa shape index (κ3) is 2.28. The van der Waals surface area contributed by atoms with E-state index in [1.807, 2.05) is 20.8 Å². The fourth-order valence-electron chi connectivity index (χ4n) is 2.26. The predicted molar refractivity (Wildman–Crippen MR) is 57.9 cm³/mol. The molecular formula is C11H18N2O3. The molecule has 0 saturated carbocycles. The van der Waals surface area contributed by atoms with Gasteiger partial charge in [0.2, 0.25) is 5.91 Å². The summed E-state index contributed by atoms with van der Waals surface area (Å²) in [4.78, 5) is 24.8. The fourth-order valence-corrected chi connectivity index (χ4v) is 2.26. The maximum atomic E-state index is 11.9. The van der Waals surface area contributed by atoms with Crippen LogP contribution >= 0.6 is 0 Å². The SMILES string of the molecule is CC(C)(C)OC(=O)N1C[C@@H]2C[C@@H]1CC(=O)N2. The number of carbonyl (C=O) groups is 2. The van der Waals surface area contributed by atoms with Gasteiger partial charge >= 0.3 is 6.09 Å². The van der Waals surface area contributed by atoms with Gasteiger partial charge in [0.1, 0.15) is 5.60 Å². The molecule has 0 radical (unpaired) electrons. The number of amides is 2. The van der Waals surface area contributed by atoms with E-state index in [9.17, 15) is 9.59 Å². The molecular weight excluding hydrogens is 208 g/mol. The lowest BCUT2D eigenvalue weighted by molar-refractivity contribution is -0.123. The lowest BCUT2D eigenvalue weighted by Crippen LogP contribution is -2.41. The Morgan fingerprint density at radius 1 is 1.50 bits per heavy atom. The summed E-state index contributed by atoms with van der Waals surface area (Å²) < 4.78 is 5.31. The van der Waals surface area contributed by atoms with Crippen LogP contribution < -0.4 is 5.32 Å². The van der Waals surface area contributed by atoms with Gasteiger partial charge in [-0.3, -0.25) is 4.79 Å². The standard InChI is InChI=1S/C11H18N2O3/c1-11(2,3)16-10(15)13-6-7-4-8(13)5-9(14)12-7/h7-8H,4-6H2,1-3H3,(H,12,14)/t7-,8+/m0/s1. The number of carbonyl (C=O) groups excluding carboxylic acids is 2. The third-order valence-electron chi connectivity index (χ3n) is 2.83. The Hall–Kier alpha value is -1.26. The summed E-state index contributed by atoms with van der Waals surface area (Å²) in [6, 6.07) is 0.132. The molecule has 0 aromatic carbocycles. The van der Waals surface area contributed by atoms with Gasteiger partial charge in [-0.15, -0.1) is 0 Å². The van der Waals surface area contributed by atoms with Gasteiger partial charge in [-0.1, -0.05) is 0 Å². The number of nitrogens with one attached hydrogen (secondary N) is 1. The molecule has 0 aliphatic carbocycles. The number of piperidine rings is 1. The highest BCUT2D eigenvalue weighted by molar-refractivity contribution is 5.80. The first kappa shape index (κ1) is 11.2. The lowest BCUT2D eigenvalue weighted by atomic mass is 10.0. The van der Waals surface area contributed by atoms with Gasteiger partial charge in [0.05, 0.1) is 0 Å². The van der Waals surface area contributed by atoms with Crippen LogP contribution in [0.4, 0.5) is 4.79 Å². The molecule has 0 aromatic rings. The van der Waals surface area contributed by atoms with E-state index in [1.54, 1.807) is 4.90 Å². The second-order valence-corrected chi connectivity index (χ2v) is 5.49. The van der Waals surface area contributed by atoms with E-state index in [0.717, 1.165) is 6.42 Å². The molecule has 16 heavy (non-hydrogen) atoms.